The smallest absolute Gasteiger partial charge is 0.161 e. The van der Waals surface area contributed by atoms with Crippen molar-refractivity contribution >= 4 is 10.9 Å². The van der Waals surface area contributed by atoms with Crippen LogP contribution in [0.3, 0.4) is 0 Å². The largest absolute Gasteiger partial charge is 0.493 e. The summed E-state index contributed by atoms with van der Waals surface area (Å²) in [4.78, 5) is 2.39. The predicted octanol–water partition coefficient (Wildman–Crippen LogP) is 3.61. The Kier molecular flexibility index (Phi) is 6.27. The van der Waals surface area contributed by atoms with Crippen LogP contribution in [0.5, 0.6) is 11.5 Å². The average molecular weight is 411 g/mol. The molecule has 0 unspecified atom stereocenters. The number of methoxy groups -OCH3 is 2. The van der Waals surface area contributed by atoms with Crippen LogP contribution in [0.15, 0.2) is 48.7 Å². The predicted molar refractivity (Wildman–Crippen MR) is 117 cm³/mol. The zero-order valence-electron chi connectivity index (χ0n) is 17.9. The minimum absolute atomic E-state index is 0.0358. The number of fused-ring (bicyclic) bond motifs is 1. The molecule has 0 amide bonds. The van der Waals surface area contributed by atoms with E-state index < -0.39 is 0 Å². The Morgan fingerprint density at radius 2 is 1.93 bits per heavy atom. The molecule has 3 aromatic rings. The van der Waals surface area contributed by atoms with Gasteiger partial charge in [-0.15, -0.1) is 0 Å². The summed E-state index contributed by atoms with van der Waals surface area (Å²) in [6.45, 7) is 5.25. The quantitative estimate of drug-likeness (QED) is 0.645. The van der Waals surface area contributed by atoms with Gasteiger partial charge in [0.1, 0.15) is 6.10 Å². The van der Waals surface area contributed by atoms with Crippen LogP contribution >= 0.6 is 0 Å². The normalized spacial score (nSPS) is 19.9. The number of ether oxygens (including phenoxy) is 3. The average Bonchev–Trinajstić information content (AvgIpc) is 3.22. The molecule has 0 spiro atoms. The fourth-order valence-corrected chi connectivity index (χ4v) is 4.50. The van der Waals surface area contributed by atoms with Gasteiger partial charge in [-0.25, -0.2) is 0 Å². The van der Waals surface area contributed by atoms with Crippen LogP contribution in [0, 0.1) is 0 Å². The number of aliphatic hydroxyl groups excluding tert-OH is 1. The van der Waals surface area contributed by atoms with Crippen LogP contribution in [0.25, 0.3) is 10.9 Å². The van der Waals surface area contributed by atoms with Gasteiger partial charge in [-0.1, -0.05) is 18.2 Å². The summed E-state index contributed by atoms with van der Waals surface area (Å²) in [5.41, 5.74) is 3.58. The van der Waals surface area contributed by atoms with Gasteiger partial charge in [0.15, 0.2) is 11.5 Å². The number of hydrogen-bond acceptors (Lipinski definition) is 5. The molecule has 1 N–H and O–H groups in total. The number of aromatic nitrogens is 1. The van der Waals surface area contributed by atoms with Gasteiger partial charge in [0.05, 0.1) is 33.5 Å². The van der Waals surface area contributed by atoms with Gasteiger partial charge in [-0.3, -0.25) is 4.90 Å². The van der Waals surface area contributed by atoms with Crippen molar-refractivity contribution in [2.24, 2.45) is 0 Å². The molecule has 0 aliphatic carbocycles. The molecule has 4 rings (SSSR count). The van der Waals surface area contributed by atoms with Gasteiger partial charge < -0.3 is 23.9 Å². The van der Waals surface area contributed by atoms with Gasteiger partial charge in [-0.05, 0) is 42.3 Å². The second-order valence-corrected chi connectivity index (χ2v) is 7.57. The van der Waals surface area contributed by atoms with Crippen molar-refractivity contribution in [3.63, 3.8) is 0 Å². The van der Waals surface area contributed by atoms with Crippen molar-refractivity contribution in [2.75, 3.05) is 34.0 Å². The zero-order valence-corrected chi connectivity index (χ0v) is 17.9. The molecule has 0 radical (unpaired) electrons. The first-order valence-corrected chi connectivity index (χ1v) is 10.4. The topological polar surface area (TPSA) is 56.1 Å². The third-order valence-corrected chi connectivity index (χ3v) is 6.00. The number of aliphatic hydroxyl groups is 1. The van der Waals surface area contributed by atoms with E-state index >= 15 is 0 Å². The number of hydrogen-bond donors (Lipinski definition) is 1. The van der Waals surface area contributed by atoms with Crippen molar-refractivity contribution in [1.29, 1.82) is 0 Å². The second kappa shape index (κ2) is 9.08. The summed E-state index contributed by atoms with van der Waals surface area (Å²) >= 11 is 0. The molecule has 1 aromatic heterocycles. The molecular weight excluding hydrogens is 380 g/mol. The molecule has 2 heterocycles. The molecule has 30 heavy (non-hydrogen) atoms. The van der Waals surface area contributed by atoms with E-state index in [0.29, 0.717) is 18.1 Å². The molecule has 2 aromatic carbocycles. The highest BCUT2D eigenvalue weighted by Crippen LogP contribution is 2.37. The molecule has 1 aliphatic rings. The Bertz CT molecular complexity index is 1000. The summed E-state index contributed by atoms with van der Waals surface area (Å²) in [6, 6.07) is 14.5. The maximum atomic E-state index is 10.0. The molecule has 1 aliphatic heterocycles. The molecule has 6 nitrogen and oxygen atoms in total. The van der Waals surface area contributed by atoms with E-state index in [9.17, 15) is 5.11 Å². The summed E-state index contributed by atoms with van der Waals surface area (Å²) in [7, 11) is 3.27. The summed E-state index contributed by atoms with van der Waals surface area (Å²) in [5, 5.41) is 11.3. The van der Waals surface area contributed by atoms with E-state index in [1.165, 1.54) is 16.5 Å². The first-order valence-electron chi connectivity index (χ1n) is 10.4. The van der Waals surface area contributed by atoms with E-state index in [-0.39, 0.29) is 18.8 Å². The fraction of sp³-hybridized carbons (Fsp3) is 0.417. The molecule has 1 fully saturated rings. The lowest BCUT2D eigenvalue weighted by atomic mass is 9.96. The molecule has 0 saturated carbocycles. The molecule has 1 saturated heterocycles. The van der Waals surface area contributed by atoms with Crippen molar-refractivity contribution < 1.29 is 19.3 Å². The van der Waals surface area contributed by atoms with E-state index in [2.05, 4.69) is 46.9 Å². The Morgan fingerprint density at radius 3 is 2.67 bits per heavy atom. The third kappa shape index (κ3) is 3.78. The Morgan fingerprint density at radius 1 is 1.10 bits per heavy atom. The highest BCUT2D eigenvalue weighted by molar-refractivity contribution is 5.83. The SMILES string of the molecule is CCn1ccc2c(CN3CCO[C@H](CO)[C@H]3c3ccc(OC)c(OC)c3)cccc21. The van der Waals surface area contributed by atoms with Crippen LogP contribution in [0.1, 0.15) is 24.1 Å². The summed E-state index contributed by atoms with van der Waals surface area (Å²) < 4.78 is 19.1. The van der Waals surface area contributed by atoms with Gasteiger partial charge in [0.25, 0.3) is 0 Å². The van der Waals surface area contributed by atoms with Crippen molar-refractivity contribution in [2.45, 2.75) is 32.2 Å². The van der Waals surface area contributed by atoms with Crippen LogP contribution in [0.2, 0.25) is 0 Å². The minimum Gasteiger partial charge on any atom is -0.493 e. The van der Waals surface area contributed by atoms with Gasteiger partial charge in [0, 0.05) is 36.7 Å². The molecule has 0 bridgehead atoms. The van der Waals surface area contributed by atoms with E-state index in [1.807, 2.05) is 18.2 Å². The van der Waals surface area contributed by atoms with Crippen LogP contribution < -0.4 is 9.47 Å². The maximum absolute atomic E-state index is 10.0. The second-order valence-electron chi connectivity index (χ2n) is 7.57. The zero-order chi connectivity index (χ0) is 21.1. The summed E-state index contributed by atoms with van der Waals surface area (Å²) in [5.74, 6) is 1.37. The first kappa shape index (κ1) is 20.7. The molecule has 2 atom stereocenters. The van der Waals surface area contributed by atoms with Gasteiger partial charge in [-0.2, -0.15) is 0 Å². The number of aryl methyl sites for hydroxylation is 1. The van der Waals surface area contributed by atoms with Crippen molar-refractivity contribution in [1.82, 2.24) is 9.47 Å². The molecule has 6 heteroatoms. The third-order valence-electron chi connectivity index (χ3n) is 6.00. The van der Waals surface area contributed by atoms with Crippen LogP contribution in [-0.4, -0.2) is 54.7 Å². The number of benzene rings is 2. The molecule has 160 valence electrons. The lowest BCUT2D eigenvalue weighted by Gasteiger charge is -2.41. The Balaban J connectivity index is 1.70. The highest BCUT2D eigenvalue weighted by atomic mass is 16.5. The van der Waals surface area contributed by atoms with Crippen molar-refractivity contribution in [3.8, 4) is 11.5 Å². The lowest BCUT2D eigenvalue weighted by Crippen LogP contribution is -2.46. The number of nitrogens with zero attached hydrogens (tertiary/aromatic N) is 2. The number of morpholine rings is 1. The monoisotopic (exact) mass is 410 g/mol. The highest BCUT2D eigenvalue weighted by Gasteiger charge is 2.34. The fourth-order valence-electron chi connectivity index (χ4n) is 4.50. The van der Waals surface area contributed by atoms with E-state index in [1.54, 1.807) is 14.2 Å². The van der Waals surface area contributed by atoms with Gasteiger partial charge >= 0.3 is 0 Å². The summed E-state index contributed by atoms with van der Waals surface area (Å²) in [6.07, 6.45) is 1.85. The minimum atomic E-state index is -0.295. The Labute approximate surface area is 177 Å². The van der Waals surface area contributed by atoms with Gasteiger partial charge in [0.2, 0.25) is 0 Å². The lowest BCUT2D eigenvalue weighted by molar-refractivity contribution is -0.0959. The van der Waals surface area contributed by atoms with E-state index in [4.69, 9.17) is 14.2 Å². The maximum Gasteiger partial charge on any atom is 0.161 e. The Hall–Kier alpha value is -2.54. The van der Waals surface area contributed by atoms with E-state index in [0.717, 1.165) is 25.2 Å². The molecular formula is C24H30N2O4. The standard InChI is InChI=1S/C24H30N2O4/c1-4-25-11-10-19-18(6-5-7-20(19)25)15-26-12-13-30-23(16-27)24(26)17-8-9-21(28-2)22(14-17)29-3/h5-11,14,23-24,27H,4,12-13,15-16H2,1-3H3/t23-,24-/m1/s1. The number of rotatable bonds is 7. The van der Waals surface area contributed by atoms with Crippen molar-refractivity contribution in [3.05, 3.63) is 59.8 Å². The first-order chi connectivity index (χ1) is 14.7. The van der Waals surface area contributed by atoms with Crippen LogP contribution in [-0.2, 0) is 17.8 Å². The van der Waals surface area contributed by atoms with Crippen LogP contribution in [0.4, 0.5) is 0 Å².